The molecule has 13 nitrogen and oxygen atoms in total. The Morgan fingerprint density at radius 1 is 1.06 bits per heavy atom. The van der Waals surface area contributed by atoms with Crippen molar-refractivity contribution in [1.82, 2.24) is 43.6 Å². The van der Waals surface area contributed by atoms with Gasteiger partial charge in [-0.25, -0.2) is 29.2 Å². The van der Waals surface area contributed by atoms with E-state index in [0.29, 0.717) is 10.6 Å². The number of carboxylic acid groups (broad SMARTS) is 1. The Balaban J connectivity index is 1.63. The predicted octanol–water partition coefficient (Wildman–Crippen LogP) is 5.87. The maximum absolute atomic E-state index is 14.5. The van der Waals surface area contributed by atoms with Crippen molar-refractivity contribution in [2.24, 2.45) is 0 Å². The van der Waals surface area contributed by atoms with Crippen LogP contribution in [0.25, 0.3) is 17.2 Å². The number of benzene rings is 1. The molecule has 260 valence electrons. The van der Waals surface area contributed by atoms with Crippen LogP contribution >= 0.6 is 23.2 Å². The first-order valence-corrected chi connectivity index (χ1v) is 18.5. The number of alkyl halides is 3. The largest absolute Gasteiger partial charge is 0.479 e. The van der Waals surface area contributed by atoms with E-state index in [1.165, 1.54) is 59.8 Å². The lowest BCUT2D eigenvalue weighted by Gasteiger charge is -2.39. The predicted molar refractivity (Wildman–Crippen MR) is 176 cm³/mol. The smallest absolute Gasteiger partial charge is 0.415 e. The molecule has 2 atom stereocenters. The molecule has 0 aliphatic carbocycles. The van der Waals surface area contributed by atoms with E-state index in [-0.39, 0.29) is 28.3 Å². The molecule has 5 rings (SSSR count). The van der Waals surface area contributed by atoms with Crippen LogP contribution in [0, 0.1) is 0 Å². The van der Waals surface area contributed by atoms with E-state index in [0.717, 1.165) is 13.9 Å². The molecular formula is C30H32Cl2F3N9O4Si. The van der Waals surface area contributed by atoms with Crippen molar-refractivity contribution in [3.8, 4) is 17.2 Å². The average Bonchev–Trinajstić information content (AvgIpc) is 3.74. The van der Waals surface area contributed by atoms with Crippen molar-refractivity contribution in [3.63, 3.8) is 0 Å². The summed E-state index contributed by atoms with van der Waals surface area (Å²) in [6.07, 6.45) is -1.62. The number of rotatable bonds is 11. The lowest BCUT2D eigenvalue weighted by atomic mass is 10.2. The fraction of sp³-hybridized carbons (Fsp3) is 0.367. The van der Waals surface area contributed by atoms with Gasteiger partial charge < -0.3 is 14.1 Å². The number of imidazole rings is 1. The molecule has 4 aromatic heterocycles. The third-order valence-electron chi connectivity index (χ3n) is 8.19. The van der Waals surface area contributed by atoms with Gasteiger partial charge in [-0.15, -0.1) is 10.2 Å². The first-order chi connectivity index (χ1) is 22.9. The van der Waals surface area contributed by atoms with Gasteiger partial charge in [0, 0.05) is 29.2 Å². The summed E-state index contributed by atoms with van der Waals surface area (Å²) in [6.45, 7) is 7.50. The summed E-state index contributed by atoms with van der Waals surface area (Å²) in [5, 5.41) is 19.0. The minimum Gasteiger partial charge on any atom is -0.479 e. The Bertz CT molecular complexity index is 2000. The molecule has 1 N–H and O–H groups in total. The zero-order valence-corrected chi connectivity index (χ0v) is 29.4. The molecule has 1 unspecified atom stereocenters. The number of carbonyl (C=O) groups is 1. The van der Waals surface area contributed by atoms with E-state index in [9.17, 15) is 27.9 Å². The minimum atomic E-state index is -4.81. The highest BCUT2D eigenvalue weighted by Gasteiger charge is 2.48. The Hall–Kier alpha value is -4.32. The molecule has 0 saturated carbocycles. The van der Waals surface area contributed by atoms with Crippen LogP contribution in [-0.4, -0.2) is 75.3 Å². The van der Waals surface area contributed by atoms with E-state index in [4.69, 9.17) is 27.6 Å². The van der Waals surface area contributed by atoms with E-state index >= 15 is 0 Å². The van der Waals surface area contributed by atoms with Crippen molar-refractivity contribution in [2.75, 3.05) is 0 Å². The van der Waals surface area contributed by atoms with E-state index in [1.54, 1.807) is 19.2 Å². The number of hydrogen-bond donors (Lipinski definition) is 1. The SMILES string of the molecule is CC(C)(C)[Si](C)(C)O[C@@H](Cn1c(-c2ccc(Cl)cc2)nn(Cc2nc(C(C(=O)O)n3ccnc3)n(-c3ncccc3Cl)n2)c1=O)C(F)(F)F. The monoisotopic (exact) mass is 737 g/mol. The van der Waals surface area contributed by atoms with Crippen LogP contribution in [0.2, 0.25) is 28.2 Å². The van der Waals surface area contributed by atoms with Crippen molar-refractivity contribution in [3.05, 3.63) is 93.5 Å². The van der Waals surface area contributed by atoms with Gasteiger partial charge in [-0.3, -0.25) is 4.57 Å². The van der Waals surface area contributed by atoms with Crippen molar-refractivity contribution in [2.45, 2.75) is 70.3 Å². The zero-order chi connectivity index (χ0) is 35.9. The molecule has 0 amide bonds. The number of carboxylic acids is 1. The van der Waals surface area contributed by atoms with Gasteiger partial charge in [0.2, 0.25) is 0 Å². The normalized spacial score (nSPS) is 13.8. The molecule has 0 spiro atoms. The van der Waals surface area contributed by atoms with Crippen LogP contribution in [0.5, 0.6) is 0 Å². The van der Waals surface area contributed by atoms with Gasteiger partial charge >= 0.3 is 17.8 Å². The standard InChI is InChI=1S/C30H32Cl2F3N9O4Si/c1-29(2,3)49(4,5)48-21(30(33,34)35)15-42-24(18-8-10-19(31)11-9-18)40-43(28(42)47)16-22-38-26(23(27(45)46)41-14-13-36-17-41)44(39-22)25-20(32)7-6-12-37-25/h6-14,17,21,23H,15-16H2,1-5H3,(H,45,46)/t21-,23?/m0/s1. The fourth-order valence-corrected chi connectivity index (χ4v) is 6.26. The molecule has 5 aromatic rings. The maximum atomic E-state index is 14.5. The summed E-state index contributed by atoms with van der Waals surface area (Å²) >= 11 is 12.5. The number of nitrogens with zero attached hydrogens (tertiary/aromatic N) is 9. The van der Waals surface area contributed by atoms with Crippen LogP contribution < -0.4 is 5.69 Å². The summed E-state index contributed by atoms with van der Waals surface area (Å²) in [5.41, 5.74) is -0.588. The molecule has 1 aromatic carbocycles. The third kappa shape index (κ3) is 7.64. The summed E-state index contributed by atoms with van der Waals surface area (Å²) in [4.78, 5) is 39.0. The zero-order valence-electron chi connectivity index (χ0n) is 26.9. The third-order valence-corrected chi connectivity index (χ3v) is 13.2. The summed E-state index contributed by atoms with van der Waals surface area (Å²) in [6, 6.07) is 7.74. The Labute approximate surface area is 289 Å². The number of aromatic nitrogens is 9. The van der Waals surface area contributed by atoms with E-state index in [1.807, 2.05) is 20.8 Å². The van der Waals surface area contributed by atoms with Gasteiger partial charge in [0.15, 0.2) is 43.8 Å². The molecule has 0 bridgehead atoms. The van der Waals surface area contributed by atoms with Crippen LogP contribution in [-0.2, 0) is 22.3 Å². The molecule has 0 radical (unpaired) electrons. The van der Waals surface area contributed by atoms with Crippen LogP contribution in [0.1, 0.15) is 38.5 Å². The van der Waals surface area contributed by atoms with Crippen molar-refractivity contribution < 1.29 is 27.5 Å². The van der Waals surface area contributed by atoms with Crippen LogP contribution in [0.4, 0.5) is 13.2 Å². The maximum Gasteiger partial charge on any atom is 0.415 e. The van der Waals surface area contributed by atoms with Gasteiger partial charge in [-0.05, 0) is 54.5 Å². The van der Waals surface area contributed by atoms with Gasteiger partial charge in [0.25, 0.3) is 0 Å². The van der Waals surface area contributed by atoms with Gasteiger partial charge in [-0.1, -0.05) is 44.0 Å². The molecular weight excluding hydrogens is 706 g/mol. The quantitative estimate of drug-likeness (QED) is 0.165. The number of hydrogen-bond acceptors (Lipinski definition) is 8. The summed E-state index contributed by atoms with van der Waals surface area (Å²) < 4.78 is 53.6. The van der Waals surface area contributed by atoms with Crippen molar-refractivity contribution in [1.29, 1.82) is 0 Å². The topological polar surface area (TPSA) is 148 Å². The van der Waals surface area contributed by atoms with Gasteiger partial charge in [-0.2, -0.15) is 17.9 Å². The lowest BCUT2D eigenvalue weighted by molar-refractivity contribution is -0.202. The second-order valence-electron chi connectivity index (χ2n) is 12.6. The molecule has 0 saturated heterocycles. The summed E-state index contributed by atoms with van der Waals surface area (Å²) in [7, 11) is -2.96. The van der Waals surface area contributed by atoms with Crippen molar-refractivity contribution >= 4 is 37.5 Å². The number of halogens is 5. The molecule has 19 heteroatoms. The molecule has 49 heavy (non-hydrogen) atoms. The average molecular weight is 739 g/mol. The Kier molecular flexibility index (Phi) is 9.93. The number of pyridine rings is 1. The molecule has 4 heterocycles. The van der Waals surface area contributed by atoms with Crippen LogP contribution in [0.15, 0.2) is 66.1 Å². The minimum absolute atomic E-state index is 0.0554. The lowest BCUT2D eigenvalue weighted by Crippen LogP contribution is -2.50. The highest BCUT2D eigenvalue weighted by Crippen LogP contribution is 2.40. The molecule has 0 aliphatic heterocycles. The first-order valence-electron chi connectivity index (χ1n) is 14.8. The second kappa shape index (κ2) is 13.5. The highest BCUT2D eigenvalue weighted by molar-refractivity contribution is 6.74. The fourth-order valence-electron chi connectivity index (χ4n) is 4.66. The Morgan fingerprint density at radius 2 is 1.76 bits per heavy atom. The molecule has 0 aliphatic rings. The highest BCUT2D eigenvalue weighted by atomic mass is 35.5. The van der Waals surface area contributed by atoms with E-state index < -0.39 is 56.4 Å². The summed E-state index contributed by atoms with van der Waals surface area (Å²) in [5.74, 6) is -1.56. The second-order valence-corrected chi connectivity index (χ2v) is 18.2. The van der Waals surface area contributed by atoms with Gasteiger partial charge in [0.05, 0.1) is 17.9 Å². The first kappa shape index (κ1) is 36.0. The Morgan fingerprint density at radius 3 is 2.33 bits per heavy atom. The van der Waals surface area contributed by atoms with E-state index in [2.05, 4.69) is 25.1 Å². The van der Waals surface area contributed by atoms with Crippen LogP contribution in [0.3, 0.4) is 0 Å². The molecule has 0 fully saturated rings. The number of aliphatic carboxylic acids is 1. The van der Waals surface area contributed by atoms with Gasteiger partial charge in [0.1, 0.15) is 6.54 Å².